The highest BCUT2D eigenvalue weighted by Crippen LogP contribution is 2.19. The molecule has 0 aliphatic carbocycles. The van der Waals surface area contributed by atoms with Gasteiger partial charge in [-0.05, 0) is 49.0 Å². The Bertz CT molecular complexity index is 677. The van der Waals surface area contributed by atoms with E-state index in [9.17, 15) is 4.79 Å². The molecule has 0 fully saturated rings. The molecule has 2 N–H and O–H groups in total. The molecule has 0 saturated heterocycles. The second kappa shape index (κ2) is 7.77. The first-order chi connectivity index (χ1) is 10.5. The van der Waals surface area contributed by atoms with Gasteiger partial charge in [0, 0.05) is 10.7 Å². The third-order valence-corrected chi connectivity index (χ3v) is 3.25. The van der Waals surface area contributed by atoms with Crippen molar-refractivity contribution in [2.45, 2.75) is 6.92 Å². The number of rotatable bonds is 4. The average Bonchev–Trinajstić information content (AvgIpc) is 2.50. The normalized spacial score (nSPS) is 9.91. The number of amides is 1. The monoisotopic (exact) mass is 334 g/mol. The van der Waals surface area contributed by atoms with E-state index in [0.29, 0.717) is 10.8 Å². The van der Waals surface area contributed by atoms with Crippen molar-refractivity contribution >= 4 is 40.5 Å². The minimum atomic E-state index is -0.332. The van der Waals surface area contributed by atoms with Gasteiger partial charge < -0.3 is 10.1 Å². The van der Waals surface area contributed by atoms with Gasteiger partial charge in [0.2, 0.25) is 0 Å². The molecule has 22 heavy (non-hydrogen) atoms. The Hall–Kier alpha value is -2.11. The molecule has 2 aromatic carbocycles. The third-order valence-electron chi connectivity index (χ3n) is 2.81. The Morgan fingerprint density at radius 3 is 2.68 bits per heavy atom. The summed E-state index contributed by atoms with van der Waals surface area (Å²) in [5, 5.41) is 6.29. The molecule has 114 valence electrons. The van der Waals surface area contributed by atoms with Crippen molar-refractivity contribution in [2.24, 2.45) is 0 Å². The van der Waals surface area contributed by atoms with Crippen LogP contribution >= 0.6 is 23.8 Å². The molecule has 0 radical (unpaired) electrons. The van der Waals surface area contributed by atoms with Crippen molar-refractivity contribution in [3.05, 3.63) is 59.1 Å². The first-order valence-electron chi connectivity index (χ1n) is 6.59. The quantitative estimate of drug-likeness (QED) is 0.840. The van der Waals surface area contributed by atoms with Crippen molar-refractivity contribution in [3.8, 4) is 5.75 Å². The van der Waals surface area contributed by atoms with E-state index in [-0.39, 0.29) is 17.6 Å². The number of carbonyl (C=O) groups is 1. The van der Waals surface area contributed by atoms with E-state index in [4.69, 9.17) is 28.6 Å². The maximum Gasteiger partial charge on any atom is 0.264 e. The summed E-state index contributed by atoms with van der Waals surface area (Å²) >= 11 is 11.0. The summed E-state index contributed by atoms with van der Waals surface area (Å²) in [5.74, 6) is 0.295. The topological polar surface area (TPSA) is 50.4 Å². The molecule has 4 nitrogen and oxygen atoms in total. The summed E-state index contributed by atoms with van der Waals surface area (Å²) in [4.78, 5) is 11.8. The Balaban J connectivity index is 1.84. The van der Waals surface area contributed by atoms with Crippen molar-refractivity contribution in [1.82, 2.24) is 5.32 Å². The Kier molecular flexibility index (Phi) is 5.75. The van der Waals surface area contributed by atoms with Crippen LogP contribution in [0.15, 0.2) is 48.5 Å². The molecule has 0 atom stereocenters. The molecule has 0 heterocycles. The van der Waals surface area contributed by atoms with E-state index in [1.54, 1.807) is 24.3 Å². The maximum atomic E-state index is 11.8. The number of halogens is 1. The second-order valence-corrected chi connectivity index (χ2v) is 5.41. The SMILES string of the molecule is Cc1ccc(Cl)cc1NC(=S)NC(=O)COc1ccccc1. The van der Waals surface area contributed by atoms with Crippen LogP contribution < -0.4 is 15.4 Å². The van der Waals surface area contributed by atoms with Gasteiger partial charge in [-0.25, -0.2) is 0 Å². The molecule has 2 rings (SSSR count). The van der Waals surface area contributed by atoms with Crippen LogP contribution in [-0.4, -0.2) is 17.6 Å². The fourth-order valence-corrected chi connectivity index (χ4v) is 2.11. The molecule has 0 bridgehead atoms. The lowest BCUT2D eigenvalue weighted by atomic mass is 10.2. The first-order valence-corrected chi connectivity index (χ1v) is 7.38. The molecule has 1 amide bonds. The molecule has 6 heteroatoms. The molecule has 0 unspecified atom stereocenters. The zero-order valence-electron chi connectivity index (χ0n) is 11.9. The molecule has 0 aliphatic heterocycles. The minimum absolute atomic E-state index is 0.111. The summed E-state index contributed by atoms with van der Waals surface area (Å²) < 4.78 is 5.34. The Morgan fingerprint density at radius 1 is 1.23 bits per heavy atom. The van der Waals surface area contributed by atoms with Gasteiger partial charge in [0.25, 0.3) is 5.91 Å². The molecule has 0 aliphatic rings. The molecular formula is C16H15ClN2O2S. The number of hydrogen-bond acceptors (Lipinski definition) is 3. The van der Waals surface area contributed by atoms with Gasteiger partial charge in [0.05, 0.1) is 0 Å². The molecule has 2 aromatic rings. The van der Waals surface area contributed by atoms with Crippen LogP contribution in [0.4, 0.5) is 5.69 Å². The maximum absolute atomic E-state index is 11.8. The lowest BCUT2D eigenvalue weighted by molar-refractivity contribution is -0.121. The number of aryl methyl sites for hydroxylation is 1. The van der Waals surface area contributed by atoms with Crippen molar-refractivity contribution < 1.29 is 9.53 Å². The van der Waals surface area contributed by atoms with E-state index in [1.807, 2.05) is 31.2 Å². The summed E-state index contributed by atoms with van der Waals surface area (Å²) in [6, 6.07) is 14.5. The van der Waals surface area contributed by atoms with E-state index >= 15 is 0 Å². The number of thiocarbonyl (C=S) groups is 1. The predicted octanol–water partition coefficient (Wildman–Crippen LogP) is 3.54. The van der Waals surface area contributed by atoms with Gasteiger partial charge >= 0.3 is 0 Å². The van der Waals surface area contributed by atoms with Gasteiger partial charge in [0.15, 0.2) is 11.7 Å². The number of nitrogens with one attached hydrogen (secondary N) is 2. The van der Waals surface area contributed by atoms with Crippen LogP contribution in [0.1, 0.15) is 5.56 Å². The smallest absolute Gasteiger partial charge is 0.264 e. The van der Waals surface area contributed by atoms with E-state index in [2.05, 4.69) is 10.6 Å². The number of benzene rings is 2. The number of carbonyl (C=O) groups excluding carboxylic acids is 1. The highest BCUT2D eigenvalue weighted by Gasteiger charge is 2.07. The van der Waals surface area contributed by atoms with Crippen molar-refractivity contribution in [3.63, 3.8) is 0 Å². The minimum Gasteiger partial charge on any atom is -0.484 e. The van der Waals surface area contributed by atoms with E-state index in [1.165, 1.54) is 0 Å². The van der Waals surface area contributed by atoms with Crippen molar-refractivity contribution in [1.29, 1.82) is 0 Å². The number of hydrogen-bond donors (Lipinski definition) is 2. The standard InChI is InChI=1S/C16H15ClN2O2S/c1-11-7-8-12(17)9-14(11)18-16(22)19-15(20)10-21-13-5-3-2-4-6-13/h2-9H,10H2,1H3,(H2,18,19,20,22). The van der Waals surface area contributed by atoms with E-state index in [0.717, 1.165) is 11.3 Å². The predicted molar refractivity (Wildman–Crippen MR) is 92.5 cm³/mol. The first kappa shape index (κ1) is 16.3. The summed E-state index contributed by atoms with van der Waals surface area (Å²) in [6.45, 7) is 1.81. The summed E-state index contributed by atoms with van der Waals surface area (Å²) in [7, 11) is 0. The fourth-order valence-electron chi connectivity index (χ4n) is 1.71. The Labute approximate surface area is 139 Å². The van der Waals surface area contributed by atoms with Gasteiger partial charge in [0.1, 0.15) is 5.75 Å². The number of anilines is 1. The molecule has 0 aromatic heterocycles. The van der Waals surface area contributed by atoms with Crippen LogP contribution in [0.2, 0.25) is 5.02 Å². The highest BCUT2D eigenvalue weighted by molar-refractivity contribution is 7.80. The van der Waals surface area contributed by atoms with Gasteiger partial charge in [-0.3, -0.25) is 10.1 Å². The molecule has 0 saturated carbocycles. The van der Waals surface area contributed by atoms with Gasteiger partial charge in [-0.15, -0.1) is 0 Å². The number of ether oxygens (including phenoxy) is 1. The number of para-hydroxylation sites is 1. The zero-order chi connectivity index (χ0) is 15.9. The zero-order valence-corrected chi connectivity index (χ0v) is 13.5. The summed E-state index contributed by atoms with van der Waals surface area (Å²) in [6.07, 6.45) is 0. The second-order valence-electron chi connectivity index (χ2n) is 4.56. The largest absolute Gasteiger partial charge is 0.484 e. The van der Waals surface area contributed by atoms with Crippen LogP contribution in [-0.2, 0) is 4.79 Å². The van der Waals surface area contributed by atoms with E-state index < -0.39 is 0 Å². The van der Waals surface area contributed by atoms with Crippen LogP contribution in [0.3, 0.4) is 0 Å². The lowest BCUT2D eigenvalue weighted by Crippen LogP contribution is -2.37. The van der Waals surface area contributed by atoms with Crippen molar-refractivity contribution in [2.75, 3.05) is 11.9 Å². The lowest BCUT2D eigenvalue weighted by Gasteiger charge is -2.12. The van der Waals surface area contributed by atoms with Crippen LogP contribution in [0, 0.1) is 6.92 Å². The Morgan fingerprint density at radius 2 is 1.95 bits per heavy atom. The molecular weight excluding hydrogens is 320 g/mol. The average molecular weight is 335 g/mol. The van der Waals surface area contributed by atoms with Gasteiger partial charge in [-0.2, -0.15) is 0 Å². The van der Waals surface area contributed by atoms with Crippen LogP contribution in [0.25, 0.3) is 0 Å². The van der Waals surface area contributed by atoms with Gasteiger partial charge in [-0.1, -0.05) is 35.9 Å². The fraction of sp³-hybridized carbons (Fsp3) is 0.125. The summed E-state index contributed by atoms with van der Waals surface area (Å²) in [5.41, 5.74) is 1.73. The molecule has 0 spiro atoms. The highest BCUT2D eigenvalue weighted by atomic mass is 35.5. The van der Waals surface area contributed by atoms with Crippen LogP contribution in [0.5, 0.6) is 5.75 Å². The third kappa shape index (κ3) is 5.02.